The van der Waals surface area contributed by atoms with Crippen LogP contribution in [0.1, 0.15) is 37.0 Å². The molecule has 6 heteroatoms. The van der Waals surface area contributed by atoms with Gasteiger partial charge in [-0.25, -0.2) is 0 Å². The monoisotopic (exact) mass is 448 g/mol. The fraction of sp³-hybridized carbons (Fsp3) is 0.481. The van der Waals surface area contributed by atoms with Gasteiger partial charge in [0.05, 0.1) is 5.92 Å². The molecule has 2 amide bonds. The Kier molecular flexibility index (Phi) is 7.46. The minimum atomic E-state index is -0.336. The van der Waals surface area contributed by atoms with Crippen molar-refractivity contribution in [3.8, 4) is 0 Å². The molecule has 2 heterocycles. The summed E-state index contributed by atoms with van der Waals surface area (Å²) in [5.41, 5.74) is 5.38. The number of nitrogens with zero attached hydrogens (tertiary/aromatic N) is 3. The summed E-state index contributed by atoms with van der Waals surface area (Å²) in [5, 5.41) is 3.03. The Balaban J connectivity index is 1.37. The Morgan fingerprint density at radius 1 is 0.970 bits per heavy atom. The molecule has 6 nitrogen and oxygen atoms in total. The van der Waals surface area contributed by atoms with Crippen LogP contribution in [0.4, 0.5) is 11.4 Å². The second-order valence-corrected chi connectivity index (χ2v) is 9.30. The van der Waals surface area contributed by atoms with Crippen LogP contribution in [0.3, 0.4) is 0 Å². The lowest BCUT2D eigenvalue weighted by molar-refractivity contribution is -0.122. The molecular formula is C27H36N4O2. The van der Waals surface area contributed by atoms with Crippen LogP contribution < -0.4 is 10.2 Å². The molecule has 2 saturated heterocycles. The van der Waals surface area contributed by atoms with Crippen molar-refractivity contribution in [1.82, 2.24) is 9.80 Å². The molecule has 2 fully saturated rings. The van der Waals surface area contributed by atoms with Crippen LogP contribution in [0.15, 0.2) is 42.5 Å². The van der Waals surface area contributed by atoms with Crippen molar-refractivity contribution in [3.05, 3.63) is 59.2 Å². The SMILES string of the molecule is CCc1cccc(CC)c1N1CC(C(=O)Nc2ccc(CN3CCN(C)CC3)cc2)CC1=O. The van der Waals surface area contributed by atoms with Gasteiger partial charge in [0, 0.05) is 57.1 Å². The third-order valence-electron chi connectivity index (χ3n) is 6.95. The summed E-state index contributed by atoms with van der Waals surface area (Å²) >= 11 is 0. The molecule has 4 rings (SSSR count). The van der Waals surface area contributed by atoms with Crippen molar-refractivity contribution < 1.29 is 9.59 Å². The molecule has 1 N–H and O–H groups in total. The molecule has 0 aliphatic carbocycles. The maximum atomic E-state index is 13.0. The fourth-order valence-corrected chi connectivity index (χ4v) is 4.86. The van der Waals surface area contributed by atoms with E-state index in [4.69, 9.17) is 0 Å². The van der Waals surface area contributed by atoms with Crippen LogP contribution in [-0.4, -0.2) is 61.4 Å². The first-order chi connectivity index (χ1) is 16.0. The highest BCUT2D eigenvalue weighted by Crippen LogP contribution is 2.32. The summed E-state index contributed by atoms with van der Waals surface area (Å²) in [7, 11) is 2.16. The zero-order valence-electron chi connectivity index (χ0n) is 20.1. The lowest BCUT2D eigenvalue weighted by atomic mass is 10.0. The first-order valence-corrected chi connectivity index (χ1v) is 12.2. The lowest BCUT2D eigenvalue weighted by Gasteiger charge is -2.32. The predicted molar refractivity (Wildman–Crippen MR) is 134 cm³/mol. The number of aryl methyl sites for hydroxylation is 2. The number of hydrogen-bond donors (Lipinski definition) is 1. The Hall–Kier alpha value is -2.70. The minimum Gasteiger partial charge on any atom is -0.326 e. The molecule has 0 aromatic heterocycles. The Bertz CT molecular complexity index is 958. The molecule has 176 valence electrons. The minimum absolute atomic E-state index is 0.0354. The number of anilines is 2. The van der Waals surface area contributed by atoms with Crippen LogP contribution in [0.2, 0.25) is 0 Å². The summed E-state index contributed by atoms with van der Waals surface area (Å²) in [6.07, 6.45) is 1.99. The number of piperazine rings is 1. The molecule has 0 saturated carbocycles. The van der Waals surface area contributed by atoms with Gasteiger partial charge in [-0.05, 0) is 48.7 Å². The van der Waals surface area contributed by atoms with Gasteiger partial charge in [-0.2, -0.15) is 0 Å². The molecule has 2 aliphatic heterocycles. The number of amides is 2. The molecular weight excluding hydrogens is 412 g/mol. The largest absolute Gasteiger partial charge is 0.326 e. The Labute approximate surface area is 197 Å². The van der Waals surface area contributed by atoms with E-state index in [-0.39, 0.29) is 24.2 Å². The maximum absolute atomic E-state index is 13.0. The first-order valence-electron chi connectivity index (χ1n) is 12.2. The van der Waals surface area contributed by atoms with Crippen LogP contribution in [0, 0.1) is 5.92 Å². The highest BCUT2D eigenvalue weighted by atomic mass is 16.2. The third-order valence-corrected chi connectivity index (χ3v) is 6.95. The second-order valence-electron chi connectivity index (χ2n) is 9.30. The number of carbonyl (C=O) groups is 2. The quantitative estimate of drug-likeness (QED) is 0.704. The van der Waals surface area contributed by atoms with Crippen LogP contribution >= 0.6 is 0 Å². The highest BCUT2D eigenvalue weighted by Gasteiger charge is 2.36. The van der Waals surface area contributed by atoms with E-state index < -0.39 is 0 Å². The van der Waals surface area contributed by atoms with Gasteiger partial charge < -0.3 is 15.1 Å². The van der Waals surface area contributed by atoms with E-state index in [9.17, 15) is 9.59 Å². The lowest BCUT2D eigenvalue weighted by Crippen LogP contribution is -2.43. The summed E-state index contributed by atoms with van der Waals surface area (Å²) in [5.74, 6) is -0.380. The summed E-state index contributed by atoms with van der Waals surface area (Å²) in [4.78, 5) is 32.5. The molecule has 0 bridgehead atoms. The number of nitrogens with one attached hydrogen (secondary N) is 1. The number of likely N-dealkylation sites (N-methyl/N-ethyl adjacent to an activating group) is 1. The van der Waals surface area contributed by atoms with Crippen molar-refractivity contribution in [3.63, 3.8) is 0 Å². The molecule has 2 aromatic rings. The molecule has 0 spiro atoms. The zero-order valence-corrected chi connectivity index (χ0v) is 20.1. The van der Waals surface area contributed by atoms with E-state index in [0.29, 0.717) is 6.54 Å². The van der Waals surface area contributed by atoms with Gasteiger partial charge in [0.1, 0.15) is 0 Å². The van der Waals surface area contributed by atoms with Gasteiger partial charge in [0.25, 0.3) is 0 Å². The van der Waals surface area contributed by atoms with Crippen LogP contribution in [0.25, 0.3) is 0 Å². The zero-order chi connectivity index (χ0) is 23.4. The molecule has 2 aromatic carbocycles. The smallest absolute Gasteiger partial charge is 0.229 e. The van der Waals surface area contributed by atoms with E-state index in [1.54, 1.807) is 0 Å². The molecule has 1 atom stereocenters. The maximum Gasteiger partial charge on any atom is 0.229 e. The second kappa shape index (κ2) is 10.5. The van der Waals surface area contributed by atoms with Crippen molar-refractivity contribution in [2.45, 2.75) is 39.7 Å². The normalized spacial score (nSPS) is 19.8. The number of rotatable bonds is 7. The molecule has 0 radical (unpaired) electrons. The highest BCUT2D eigenvalue weighted by molar-refractivity contribution is 6.04. The molecule has 33 heavy (non-hydrogen) atoms. The van der Waals surface area contributed by atoms with E-state index >= 15 is 0 Å². The van der Waals surface area contributed by atoms with Gasteiger partial charge in [0.2, 0.25) is 11.8 Å². The number of para-hydroxylation sites is 1. The van der Waals surface area contributed by atoms with E-state index in [2.05, 4.69) is 66.3 Å². The molecule has 1 unspecified atom stereocenters. The van der Waals surface area contributed by atoms with E-state index in [1.165, 1.54) is 16.7 Å². The first kappa shape index (κ1) is 23.5. The van der Waals surface area contributed by atoms with Crippen molar-refractivity contribution in [2.75, 3.05) is 50.0 Å². The van der Waals surface area contributed by atoms with Crippen LogP contribution in [0.5, 0.6) is 0 Å². The summed E-state index contributed by atoms with van der Waals surface area (Å²) < 4.78 is 0. The van der Waals surface area contributed by atoms with E-state index in [1.807, 2.05) is 17.0 Å². The van der Waals surface area contributed by atoms with Gasteiger partial charge in [0.15, 0.2) is 0 Å². The summed E-state index contributed by atoms with van der Waals surface area (Å²) in [6, 6.07) is 14.3. The Morgan fingerprint density at radius 2 is 1.61 bits per heavy atom. The number of benzene rings is 2. The van der Waals surface area contributed by atoms with Gasteiger partial charge >= 0.3 is 0 Å². The number of carbonyl (C=O) groups excluding carboxylic acids is 2. The van der Waals surface area contributed by atoms with Crippen molar-refractivity contribution >= 4 is 23.2 Å². The Morgan fingerprint density at radius 3 is 2.21 bits per heavy atom. The average molecular weight is 449 g/mol. The molecule has 2 aliphatic rings. The van der Waals surface area contributed by atoms with Crippen LogP contribution in [-0.2, 0) is 29.0 Å². The average Bonchev–Trinajstić information content (AvgIpc) is 3.22. The number of hydrogen-bond acceptors (Lipinski definition) is 4. The van der Waals surface area contributed by atoms with Gasteiger partial charge in [-0.3, -0.25) is 14.5 Å². The van der Waals surface area contributed by atoms with E-state index in [0.717, 1.165) is 56.9 Å². The topological polar surface area (TPSA) is 55.9 Å². The summed E-state index contributed by atoms with van der Waals surface area (Å²) in [6.45, 7) is 9.97. The standard InChI is InChI=1S/C27H36N4O2/c1-4-21-7-6-8-22(5-2)26(21)31-19-23(17-25(31)32)27(33)28-24-11-9-20(10-12-24)18-30-15-13-29(3)14-16-30/h6-12,23H,4-5,13-19H2,1-3H3,(H,28,33). The van der Waals surface area contributed by atoms with Crippen molar-refractivity contribution in [2.24, 2.45) is 5.92 Å². The van der Waals surface area contributed by atoms with Gasteiger partial charge in [-0.15, -0.1) is 0 Å². The van der Waals surface area contributed by atoms with Crippen molar-refractivity contribution in [1.29, 1.82) is 0 Å². The third kappa shape index (κ3) is 5.45. The fourth-order valence-electron chi connectivity index (χ4n) is 4.86. The van der Waals surface area contributed by atoms with Gasteiger partial charge in [-0.1, -0.05) is 44.2 Å². The predicted octanol–water partition coefficient (Wildman–Crippen LogP) is 3.55.